The number of ketones is 1. The van der Waals surface area contributed by atoms with Crippen LogP contribution in [-0.4, -0.2) is 15.6 Å². The second kappa shape index (κ2) is 5.87. The SMILES string of the molecule is CCc1nn(CC)c(CC2CCC(=O)CC2)c1Cl. The first-order chi connectivity index (χ1) is 8.65. The van der Waals surface area contributed by atoms with Gasteiger partial charge in [0.15, 0.2) is 0 Å². The molecule has 1 aliphatic carbocycles. The van der Waals surface area contributed by atoms with Crippen LogP contribution in [0.25, 0.3) is 0 Å². The number of aryl methyl sites for hydroxylation is 2. The van der Waals surface area contributed by atoms with Gasteiger partial charge in [-0.1, -0.05) is 18.5 Å². The van der Waals surface area contributed by atoms with Gasteiger partial charge in [0.1, 0.15) is 5.78 Å². The molecular weight excluding hydrogens is 248 g/mol. The second-order valence-corrected chi connectivity index (χ2v) is 5.44. The maximum atomic E-state index is 11.3. The van der Waals surface area contributed by atoms with Crippen molar-refractivity contribution in [3.8, 4) is 0 Å². The highest BCUT2D eigenvalue weighted by atomic mass is 35.5. The molecule has 0 spiro atoms. The van der Waals surface area contributed by atoms with E-state index in [0.717, 1.165) is 61.5 Å². The summed E-state index contributed by atoms with van der Waals surface area (Å²) in [7, 11) is 0. The van der Waals surface area contributed by atoms with Gasteiger partial charge in [-0.3, -0.25) is 9.48 Å². The van der Waals surface area contributed by atoms with E-state index in [2.05, 4.69) is 18.9 Å². The standard InChI is InChI=1S/C14H21ClN2O/c1-3-12-14(15)13(17(4-2)16-12)9-10-5-7-11(18)8-6-10/h10H,3-9H2,1-2H3. The summed E-state index contributed by atoms with van der Waals surface area (Å²) in [5.41, 5.74) is 2.16. The molecule has 0 aromatic carbocycles. The van der Waals surface area contributed by atoms with Crippen molar-refractivity contribution >= 4 is 17.4 Å². The molecule has 1 heterocycles. The summed E-state index contributed by atoms with van der Waals surface area (Å²) in [5, 5.41) is 5.39. The molecule has 3 nitrogen and oxygen atoms in total. The summed E-state index contributed by atoms with van der Waals surface area (Å²) in [4.78, 5) is 11.3. The van der Waals surface area contributed by atoms with Gasteiger partial charge in [0.05, 0.1) is 16.4 Å². The van der Waals surface area contributed by atoms with Crippen LogP contribution in [0, 0.1) is 5.92 Å². The van der Waals surface area contributed by atoms with Crippen LogP contribution in [0.3, 0.4) is 0 Å². The van der Waals surface area contributed by atoms with Crippen LogP contribution in [-0.2, 0) is 24.2 Å². The van der Waals surface area contributed by atoms with Crippen LogP contribution in [0.2, 0.25) is 5.02 Å². The fourth-order valence-electron chi connectivity index (χ4n) is 2.69. The molecule has 0 bridgehead atoms. The number of aromatic nitrogens is 2. The van der Waals surface area contributed by atoms with Crippen LogP contribution < -0.4 is 0 Å². The molecule has 0 aliphatic heterocycles. The summed E-state index contributed by atoms with van der Waals surface area (Å²) < 4.78 is 2.03. The van der Waals surface area contributed by atoms with E-state index in [0.29, 0.717) is 11.7 Å². The van der Waals surface area contributed by atoms with E-state index in [1.54, 1.807) is 0 Å². The number of Topliss-reactive ketones (excluding diaryl/α,β-unsaturated/α-hetero) is 1. The zero-order chi connectivity index (χ0) is 13.1. The fourth-order valence-corrected chi connectivity index (χ4v) is 3.04. The Morgan fingerprint density at radius 3 is 2.56 bits per heavy atom. The van der Waals surface area contributed by atoms with E-state index in [4.69, 9.17) is 11.6 Å². The molecule has 1 aromatic heterocycles. The van der Waals surface area contributed by atoms with Crippen molar-refractivity contribution in [2.24, 2.45) is 5.92 Å². The molecule has 1 aromatic rings. The highest BCUT2D eigenvalue weighted by Crippen LogP contribution is 2.29. The lowest BCUT2D eigenvalue weighted by Crippen LogP contribution is -2.17. The number of nitrogens with zero attached hydrogens (tertiary/aromatic N) is 2. The average Bonchev–Trinajstić information content (AvgIpc) is 2.69. The molecule has 1 fully saturated rings. The van der Waals surface area contributed by atoms with Gasteiger partial charge >= 0.3 is 0 Å². The zero-order valence-electron chi connectivity index (χ0n) is 11.2. The Kier molecular flexibility index (Phi) is 4.44. The largest absolute Gasteiger partial charge is 0.300 e. The smallest absolute Gasteiger partial charge is 0.132 e. The number of hydrogen-bond acceptors (Lipinski definition) is 2. The second-order valence-electron chi connectivity index (χ2n) is 5.06. The Labute approximate surface area is 114 Å². The molecule has 2 rings (SSSR count). The van der Waals surface area contributed by atoms with Gasteiger partial charge in [0.2, 0.25) is 0 Å². The molecule has 18 heavy (non-hydrogen) atoms. The van der Waals surface area contributed by atoms with E-state index in [-0.39, 0.29) is 0 Å². The molecule has 0 saturated heterocycles. The third-order valence-corrected chi connectivity index (χ3v) is 4.28. The predicted molar refractivity (Wildman–Crippen MR) is 73.0 cm³/mol. The van der Waals surface area contributed by atoms with Crippen molar-refractivity contribution in [1.29, 1.82) is 0 Å². The number of rotatable bonds is 4. The number of hydrogen-bond donors (Lipinski definition) is 0. The Morgan fingerprint density at radius 2 is 2.00 bits per heavy atom. The summed E-state index contributed by atoms with van der Waals surface area (Å²) in [6.45, 7) is 5.04. The van der Waals surface area contributed by atoms with E-state index in [1.807, 2.05) is 4.68 Å². The Balaban J connectivity index is 2.12. The average molecular weight is 269 g/mol. The van der Waals surface area contributed by atoms with E-state index in [9.17, 15) is 4.79 Å². The van der Waals surface area contributed by atoms with Crippen molar-refractivity contribution < 1.29 is 4.79 Å². The first-order valence-corrected chi connectivity index (χ1v) is 7.29. The third-order valence-electron chi connectivity index (χ3n) is 3.84. The third kappa shape index (κ3) is 2.77. The number of halogens is 1. The molecule has 100 valence electrons. The molecule has 0 unspecified atom stereocenters. The minimum Gasteiger partial charge on any atom is -0.300 e. The normalized spacial score (nSPS) is 17.4. The van der Waals surface area contributed by atoms with Gasteiger partial charge in [-0.2, -0.15) is 5.10 Å². The first-order valence-electron chi connectivity index (χ1n) is 6.91. The van der Waals surface area contributed by atoms with E-state index in [1.165, 1.54) is 0 Å². The Bertz CT molecular complexity index is 429. The fraction of sp³-hybridized carbons (Fsp3) is 0.714. The van der Waals surface area contributed by atoms with Gasteiger partial charge in [0, 0.05) is 19.4 Å². The molecular formula is C14H21ClN2O. The summed E-state index contributed by atoms with van der Waals surface area (Å²) >= 11 is 6.41. The van der Waals surface area contributed by atoms with Crippen molar-refractivity contribution in [2.45, 2.75) is 58.9 Å². The summed E-state index contributed by atoms with van der Waals surface area (Å²) in [6.07, 6.45) is 5.33. The van der Waals surface area contributed by atoms with Crippen LogP contribution in [0.1, 0.15) is 50.9 Å². The molecule has 1 saturated carbocycles. The molecule has 1 aliphatic rings. The van der Waals surface area contributed by atoms with Crippen LogP contribution in [0.5, 0.6) is 0 Å². The Morgan fingerprint density at radius 1 is 1.33 bits per heavy atom. The monoisotopic (exact) mass is 268 g/mol. The van der Waals surface area contributed by atoms with Crippen LogP contribution in [0.15, 0.2) is 0 Å². The highest BCUT2D eigenvalue weighted by Gasteiger charge is 2.23. The molecule has 0 radical (unpaired) electrons. The van der Waals surface area contributed by atoms with Crippen LogP contribution >= 0.6 is 11.6 Å². The molecule has 0 amide bonds. The van der Waals surface area contributed by atoms with Gasteiger partial charge in [0.25, 0.3) is 0 Å². The molecule has 0 N–H and O–H groups in total. The maximum absolute atomic E-state index is 11.3. The minimum atomic E-state index is 0.413. The predicted octanol–water partition coefficient (Wildman–Crippen LogP) is 3.42. The van der Waals surface area contributed by atoms with Crippen molar-refractivity contribution in [3.63, 3.8) is 0 Å². The van der Waals surface area contributed by atoms with Gasteiger partial charge in [-0.15, -0.1) is 0 Å². The minimum absolute atomic E-state index is 0.413. The maximum Gasteiger partial charge on any atom is 0.132 e. The van der Waals surface area contributed by atoms with E-state index < -0.39 is 0 Å². The summed E-state index contributed by atoms with van der Waals surface area (Å²) in [5.74, 6) is 1.00. The topological polar surface area (TPSA) is 34.9 Å². The quantitative estimate of drug-likeness (QED) is 0.839. The lowest BCUT2D eigenvalue weighted by Gasteiger charge is -2.21. The molecule has 4 heteroatoms. The van der Waals surface area contributed by atoms with Crippen molar-refractivity contribution in [3.05, 3.63) is 16.4 Å². The molecule has 0 atom stereocenters. The van der Waals surface area contributed by atoms with Crippen molar-refractivity contribution in [2.75, 3.05) is 0 Å². The highest BCUT2D eigenvalue weighted by molar-refractivity contribution is 6.31. The number of carbonyl (C=O) groups excluding carboxylic acids is 1. The Hall–Kier alpha value is -0.830. The van der Waals surface area contributed by atoms with Crippen molar-refractivity contribution in [1.82, 2.24) is 9.78 Å². The number of carbonyl (C=O) groups is 1. The van der Waals surface area contributed by atoms with Crippen LogP contribution in [0.4, 0.5) is 0 Å². The first kappa shape index (κ1) is 13.6. The van der Waals surface area contributed by atoms with Gasteiger partial charge in [-0.25, -0.2) is 0 Å². The van der Waals surface area contributed by atoms with Gasteiger partial charge in [-0.05, 0) is 38.5 Å². The lowest BCUT2D eigenvalue weighted by atomic mass is 9.85. The summed E-state index contributed by atoms with van der Waals surface area (Å²) in [6, 6.07) is 0. The lowest BCUT2D eigenvalue weighted by molar-refractivity contribution is -0.121. The van der Waals surface area contributed by atoms with Gasteiger partial charge < -0.3 is 0 Å². The zero-order valence-corrected chi connectivity index (χ0v) is 12.0. The van der Waals surface area contributed by atoms with E-state index >= 15 is 0 Å².